The molecule has 1 aliphatic rings. The lowest BCUT2D eigenvalue weighted by atomic mass is 9.86. The van der Waals surface area contributed by atoms with Gasteiger partial charge in [-0.25, -0.2) is 0 Å². The predicted octanol–water partition coefficient (Wildman–Crippen LogP) is 4.44. The van der Waals surface area contributed by atoms with E-state index in [1.807, 2.05) is 12.1 Å². The summed E-state index contributed by atoms with van der Waals surface area (Å²) in [6, 6.07) is 6.65. The van der Waals surface area contributed by atoms with E-state index in [0.29, 0.717) is 11.1 Å². The first-order chi connectivity index (χ1) is 8.70. The molecule has 1 aromatic rings. The van der Waals surface area contributed by atoms with Crippen LogP contribution in [-0.2, 0) is 6.54 Å². The van der Waals surface area contributed by atoms with E-state index < -0.39 is 0 Å². The Morgan fingerprint density at radius 1 is 1.32 bits per heavy atom. The fourth-order valence-corrected chi connectivity index (χ4v) is 2.97. The Morgan fingerprint density at radius 2 is 2.05 bits per heavy atom. The molecule has 1 N–H and O–H groups in total. The number of rotatable bonds is 4. The Morgan fingerprint density at radius 3 is 2.68 bits per heavy atom. The minimum absolute atomic E-state index is 0. The SMILES string of the molecule is COc1ccc(CNC2CCCCC2C)cc1Cl.Cl. The van der Waals surface area contributed by atoms with Crippen LogP contribution in [0.3, 0.4) is 0 Å². The van der Waals surface area contributed by atoms with E-state index in [1.165, 1.54) is 31.2 Å². The van der Waals surface area contributed by atoms with Gasteiger partial charge in [-0.3, -0.25) is 0 Å². The van der Waals surface area contributed by atoms with Crippen molar-refractivity contribution >= 4 is 24.0 Å². The molecule has 1 saturated carbocycles. The molecule has 108 valence electrons. The molecular weight excluding hydrogens is 281 g/mol. The van der Waals surface area contributed by atoms with E-state index in [-0.39, 0.29) is 12.4 Å². The lowest BCUT2D eigenvalue weighted by Crippen LogP contribution is -2.36. The van der Waals surface area contributed by atoms with Gasteiger partial charge >= 0.3 is 0 Å². The quantitative estimate of drug-likeness (QED) is 0.888. The van der Waals surface area contributed by atoms with Crippen LogP contribution in [0.25, 0.3) is 0 Å². The molecule has 0 aliphatic heterocycles. The number of ether oxygens (including phenoxy) is 1. The van der Waals surface area contributed by atoms with Gasteiger partial charge in [-0.05, 0) is 36.5 Å². The van der Waals surface area contributed by atoms with Gasteiger partial charge in [0.05, 0.1) is 12.1 Å². The number of hydrogen-bond donors (Lipinski definition) is 1. The minimum atomic E-state index is 0. The number of benzene rings is 1. The third-order valence-corrected chi connectivity index (χ3v) is 4.19. The van der Waals surface area contributed by atoms with Gasteiger partial charge in [-0.2, -0.15) is 0 Å². The lowest BCUT2D eigenvalue weighted by Gasteiger charge is -2.29. The van der Waals surface area contributed by atoms with Gasteiger partial charge < -0.3 is 10.1 Å². The molecule has 2 rings (SSSR count). The average molecular weight is 304 g/mol. The Hall–Kier alpha value is -0.440. The molecule has 2 nitrogen and oxygen atoms in total. The highest BCUT2D eigenvalue weighted by atomic mass is 35.5. The van der Waals surface area contributed by atoms with E-state index in [1.54, 1.807) is 7.11 Å². The van der Waals surface area contributed by atoms with Crippen LogP contribution in [0.1, 0.15) is 38.2 Å². The molecule has 1 fully saturated rings. The topological polar surface area (TPSA) is 21.3 Å². The predicted molar refractivity (Wildman–Crippen MR) is 83.5 cm³/mol. The largest absolute Gasteiger partial charge is 0.495 e. The van der Waals surface area contributed by atoms with Crippen LogP contribution in [0, 0.1) is 5.92 Å². The summed E-state index contributed by atoms with van der Waals surface area (Å²) < 4.78 is 5.16. The monoisotopic (exact) mass is 303 g/mol. The van der Waals surface area contributed by atoms with Crippen molar-refractivity contribution in [1.29, 1.82) is 0 Å². The Bertz CT molecular complexity index is 398. The average Bonchev–Trinajstić information content (AvgIpc) is 2.38. The molecule has 0 bridgehead atoms. The van der Waals surface area contributed by atoms with Crippen LogP contribution >= 0.6 is 24.0 Å². The van der Waals surface area contributed by atoms with Gasteiger partial charge in [-0.1, -0.05) is 37.4 Å². The van der Waals surface area contributed by atoms with Crippen molar-refractivity contribution in [3.8, 4) is 5.75 Å². The molecule has 2 atom stereocenters. The van der Waals surface area contributed by atoms with Crippen LogP contribution in [0.4, 0.5) is 0 Å². The summed E-state index contributed by atoms with van der Waals surface area (Å²) in [6.07, 6.45) is 5.38. The highest BCUT2D eigenvalue weighted by molar-refractivity contribution is 6.32. The van der Waals surface area contributed by atoms with Crippen molar-refractivity contribution < 1.29 is 4.74 Å². The fraction of sp³-hybridized carbons (Fsp3) is 0.600. The van der Waals surface area contributed by atoms with E-state index >= 15 is 0 Å². The molecule has 0 radical (unpaired) electrons. The summed E-state index contributed by atoms with van der Waals surface area (Å²) in [5, 5.41) is 4.34. The van der Waals surface area contributed by atoms with Gasteiger partial charge in [0.1, 0.15) is 5.75 Å². The summed E-state index contributed by atoms with van der Waals surface area (Å²) in [7, 11) is 1.64. The molecule has 0 heterocycles. The highest BCUT2D eigenvalue weighted by Crippen LogP contribution is 2.26. The zero-order chi connectivity index (χ0) is 13.0. The molecule has 0 aromatic heterocycles. The normalized spacial score (nSPS) is 22.7. The maximum atomic E-state index is 6.13. The van der Waals surface area contributed by atoms with Crippen molar-refractivity contribution in [1.82, 2.24) is 5.32 Å². The first kappa shape index (κ1) is 16.6. The van der Waals surface area contributed by atoms with Crippen LogP contribution in [0.5, 0.6) is 5.75 Å². The molecule has 2 unspecified atom stereocenters. The van der Waals surface area contributed by atoms with Crippen molar-refractivity contribution in [2.24, 2.45) is 5.92 Å². The summed E-state index contributed by atoms with van der Waals surface area (Å²) in [4.78, 5) is 0. The number of halogens is 2. The number of nitrogens with one attached hydrogen (secondary N) is 1. The molecular formula is C15H23Cl2NO. The second kappa shape index (κ2) is 7.98. The van der Waals surface area contributed by atoms with Gasteiger partial charge in [0, 0.05) is 12.6 Å². The van der Waals surface area contributed by atoms with Gasteiger partial charge in [0.2, 0.25) is 0 Å². The van der Waals surface area contributed by atoms with Crippen LogP contribution in [-0.4, -0.2) is 13.2 Å². The second-order valence-electron chi connectivity index (χ2n) is 5.22. The lowest BCUT2D eigenvalue weighted by molar-refractivity contribution is 0.279. The zero-order valence-corrected chi connectivity index (χ0v) is 13.2. The molecule has 0 spiro atoms. The molecule has 4 heteroatoms. The van der Waals surface area contributed by atoms with Gasteiger partial charge in [0.15, 0.2) is 0 Å². The Balaban J connectivity index is 0.00000180. The maximum Gasteiger partial charge on any atom is 0.137 e. The fourth-order valence-electron chi connectivity index (χ4n) is 2.69. The molecule has 19 heavy (non-hydrogen) atoms. The molecule has 0 amide bonds. The molecule has 1 aromatic carbocycles. The van der Waals surface area contributed by atoms with Crippen molar-refractivity contribution in [2.45, 2.75) is 45.2 Å². The minimum Gasteiger partial charge on any atom is -0.495 e. The van der Waals surface area contributed by atoms with Crippen LogP contribution < -0.4 is 10.1 Å². The van der Waals surface area contributed by atoms with Crippen molar-refractivity contribution in [3.05, 3.63) is 28.8 Å². The summed E-state index contributed by atoms with van der Waals surface area (Å²) in [5.41, 5.74) is 1.22. The Kier molecular flexibility index (Phi) is 6.98. The van der Waals surface area contributed by atoms with Crippen LogP contribution in [0.2, 0.25) is 5.02 Å². The first-order valence-corrected chi connectivity index (χ1v) is 7.14. The second-order valence-corrected chi connectivity index (χ2v) is 5.63. The summed E-state index contributed by atoms with van der Waals surface area (Å²) in [6.45, 7) is 3.23. The summed E-state index contributed by atoms with van der Waals surface area (Å²) in [5.74, 6) is 1.53. The highest BCUT2D eigenvalue weighted by Gasteiger charge is 2.20. The van der Waals surface area contributed by atoms with E-state index in [9.17, 15) is 0 Å². The Labute approximate surface area is 127 Å². The third-order valence-electron chi connectivity index (χ3n) is 3.90. The standard InChI is InChI=1S/C15H22ClNO.ClH/c1-11-5-3-4-6-14(11)17-10-12-7-8-15(18-2)13(16)9-12;/h7-9,11,14,17H,3-6,10H2,1-2H3;1H. The van der Waals surface area contributed by atoms with Gasteiger partial charge in [0.25, 0.3) is 0 Å². The first-order valence-electron chi connectivity index (χ1n) is 6.76. The number of methoxy groups -OCH3 is 1. The smallest absolute Gasteiger partial charge is 0.137 e. The molecule has 1 aliphatic carbocycles. The van der Waals surface area contributed by atoms with Crippen molar-refractivity contribution in [2.75, 3.05) is 7.11 Å². The van der Waals surface area contributed by atoms with E-state index in [2.05, 4.69) is 18.3 Å². The number of hydrogen-bond acceptors (Lipinski definition) is 2. The van der Waals surface area contributed by atoms with Crippen LogP contribution in [0.15, 0.2) is 18.2 Å². The van der Waals surface area contributed by atoms with E-state index in [4.69, 9.17) is 16.3 Å². The van der Waals surface area contributed by atoms with Gasteiger partial charge in [-0.15, -0.1) is 12.4 Å². The van der Waals surface area contributed by atoms with E-state index in [0.717, 1.165) is 18.2 Å². The van der Waals surface area contributed by atoms with Crippen molar-refractivity contribution in [3.63, 3.8) is 0 Å². The third kappa shape index (κ3) is 4.55. The molecule has 0 saturated heterocycles. The summed E-state index contributed by atoms with van der Waals surface area (Å²) >= 11 is 6.13. The zero-order valence-electron chi connectivity index (χ0n) is 11.6. The maximum absolute atomic E-state index is 6.13.